The lowest BCUT2D eigenvalue weighted by Gasteiger charge is -2.06. The molecule has 0 spiro atoms. The fourth-order valence-electron chi connectivity index (χ4n) is 1.21. The molecule has 3 nitrogen and oxygen atoms in total. The van der Waals surface area contributed by atoms with Gasteiger partial charge in [0.1, 0.15) is 6.42 Å². The Balaban J connectivity index is 2.48. The van der Waals surface area contributed by atoms with Gasteiger partial charge in [0, 0.05) is 5.02 Å². The Labute approximate surface area is 118 Å². The Kier molecular flexibility index (Phi) is 5.76. The Morgan fingerprint density at radius 1 is 1.25 bits per heavy atom. The molecule has 7 heteroatoms. The number of ketones is 1. The molecule has 0 aliphatic carbocycles. The highest BCUT2D eigenvalue weighted by molar-refractivity contribution is 6.32. The fourth-order valence-corrected chi connectivity index (χ4v) is 1.41. The zero-order valence-corrected chi connectivity index (χ0v) is 10.9. The minimum Gasteiger partial charge on any atom is -0.456 e. The summed E-state index contributed by atoms with van der Waals surface area (Å²) in [6.45, 7) is -1.70. The van der Waals surface area contributed by atoms with Crippen LogP contribution in [-0.4, -0.2) is 24.5 Å². The fraction of sp³-hybridized carbons (Fsp3) is 0.231. The van der Waals surface area contributed by atoms with E-state index in [1.165, 1.54) is 6.08 Å². The number of allylic oxidation sites excluding steroid dienone is 1. The van der Waals surface area contributed by atoms with Gasteiger partial charge < -0.3 is 4.74 Å². The predicted molar refractivity (Wildman–Crippen MR) is 67.1 cm³/mol. The predicted octanol–water partition coefficient (Wildman–Crippen LogP) is 3.42. The third kappa shape index (κ3) is 6.38. The summed E-state index contributed by atoms with van der Waals surface area (Å²) in [5.41, 5.74) is 0.561. The second kappa shape index (κ2) is 7.09. The number of ether oxygens (including phenoxy) is 1. The topological polar surface area (TPSA) is 43.4 Å². The van der Waals surface area contributed by atoms with Gasteiger partial charge >= 0.3 is 12.1 Å². The third-order valence-electron chi connectivity index (χ3n) is 2.07. The minimum absolute atomic E-state index is 0.413. The summed E-state index contributed by atoms with van der Waals surface area (Å²) in [5, 5.41) is 0.413. The molecule has 0 radical (unpaired) electrons. The molecule has 1 rings (SSSR count). The molecule has 0 aromatic heterocycles. The van der Waals surface area contributed by atoms with Crippen molar-refractivity contribution in [1.82, 2.24) is 0 Å². The number of alkyl halides is 3. The number of rotatable bonds is 5. The van der Waals surface area contributed by atoms with E-state index < -0.39 is 31.0 Å². The van der Waals surface area contributed by atoms with Crippen molar-refractivity contribution in [1.29, 1.82) is 0 Å². The largest absolute Gasteiger partial charge is 0.456 e. The molecule has 1 aromatic rings. The number of benzene rings is 1. The summed E-state index contributed by atoms with van der Waals surface area (Å²) in [5.74, 6) is -1.90. The summed E-state index contributed by atoms with van der Waals surface area (Å²) >= 11 is 5.83. The maximum absolute atomic E-state index is 11.8. The number of hydrogen-bond donors (Lipinski definition) is 0. The maximum Gasteiger partial charge on any atom is 0.422 e. The molecule has 0 N–H and O–H groups in total. The summed E-state index contributed by atoms with van der Waals surface area (Å²) in [7, 11) is 0. The van der Waals surface area contributed by atoms with E-state index >= 15 is 0 Å². The van der Waals surface area contributed by atoms with E-state index in [0.29, 0.717) is 10.6 Å². The molecule has 0 amide bonds. The van der Waals surface area contributed by atoms with Gasteiger partial charge in [-0.3, -0.25) is 9.59 Å². The van der Waals surface area contributed by atoms with Crippen LogP contribution in [0.25, 0.3) is 6.08 Å². The van der Waals surface area contributed by atoms with Gasteiger partial charge in [0.15, 0.2) is 12.4 Å². The lowest BCUT2D eigenvalue weighted by molar-refractivity contribution is -0.186. The quantitative estimate of drug-likeness (QED) is 0.475. The van der Waals surface area contributed by atoms with Crippen molar-refractivity contribution in [2.75, 3.05) is 6.61 Å². The van der Waals surface area contributed by atoms with Crippen molar-refractivity contribution in [2.45, 2.75) is 12.6 Å². The van der Waals surface area contributed by atoms with Crippen molar-refractivity contribution in [2.24, 2.45) is 0 Å². The summed E-state index contributed by atoms with van der Waals surface area (Å²) < 4.78 is 39.2. The van der Waals surface area contributed by atoms with Gasteiger partial charge in [0.2, 0.25) is 0 Å². The van der Waals surface area contributed by atoms with E-state index in [-0.39, 0.29) is 0 Å². The standard InChI is InChI=1S/C13H10ClF3O3/c14-11-4-2-1-3-9(11)5-6-10(18)7-12(19)20-8-13(15,16)17/h1-6H,7-8H2. The monoisotopic (exact) mass is 306 g/mol. The zero-order valence-electron chi connectivity index (χ0n) is 10.1. The molecule has 0 unspecified atom stereocenters. The molecular weight excluding hydrogens is 297 g/mol. The average molecular weight is 307 g/mol. The van der Waals surface area contributed by atoms with Crippen molar-refractivity contribution in [3.05, 3.63) is 40.9 Å². The normalized spacial score (nSPS) is 11.6. The molecular formula is C13H10ClF3O3. The number of halogens is 4. The van der Waals surface area contributed by atoms with Crippen LogP contribution in [0.15, 0.2) is 30.3 Å². The van der Waals surface area contributed by atoms with Gasteiger partial charge in [0.25, 0.3) is 0 Å². The molecule has 1 aromatic carbocycles. The van der Waals surface area contributed by atoms with Crippen molar-refractivity contribution < 1.29 is 27.5 Å². The molecule has 0 atom stereocenters. The lowest BCUT2D eigenvalue weighted by Crippen LogP contribution is -2.21. The Morgan fingerprint density at radius 3 is 2.50 bits per heavy atom. The first-order chi connectivity index (χ1) is 9.28. The summed E-state index contributed by atoms with van der Waals surface area (Å²) in [4.78, 5) is 22.3. The van der Waals surface area contributed by atoms with Crippen molar-refractivity contribution in [3.63, 3.8) is 0 Å². The van der Waals surface area contributed by atoms with E-state index in [1.807, 2.05) is 0 Å². The van der Waals surface area contributed by atoms with Gasteiger partial charge in [0.05, 0.1) is 0 Å². The molecule has 108 valence electrons. The SMILES string of the molecule is O=C(C=Cc1ccccc1Cl)CC(=O)OCC(F)(F)F. The van der Waals surface area contributed by atoms with Crippen LogP contribution in [0.5, 0.6) is 0 Å². The number of esters is 1. The highest BCUT2D eigenvalue weighted by atomic mass is 35.5. The summed E-state index contributed by atoms with van der Waals surface area (Å²) in [6, 6.07) is 6.67. The van der Waals surface area contributed by atoms with E-state index in [0.717, 1.165) is 6.08 Å². The molecule has 0 bridgehead atoms. The highest BCUT2D eigenvalue weighted by Crippen LogP contribution is 2.17. The van der Waals surface area contributed by atoms with Crippen LogP contribution in [0.1, 0.15) is 12.0 Å². The van der Waals surface area contributed by atoms with Crippen LogP contribution in [0.4, 0.5) is 13.2 Å². The van der Waals surface area contributed by atoms with Crippen LogP contribution < -0.4 is 0 Å². The maximum atomic E-state index is 11.8. The van der Waals surface area contributed by atoms with Crippen molar-refractivity contribution in [3.8, 4) is 0 Å². The molecule has 0 fully saturated rings. The first-order valence-electron chi connectivity index (χ1n) is 5.46. The zero-order chi connectivity index (χ0) is 15.2. The Hall–Kier alpha value is -1.82. The third-order valence-corrected chi connectivity index (χ3v) is 2.41. The minimum atomic E-state index is -4.61. The van der Waals surface area contributed by atoms with Gasteiger partial charge in [-0.1, -0.05) is 29.8 Å². The lowest BCUT2D eigenvalue weighted by atomic mass is 10.2. The van der Waals surface area contributed by atoms with Crippen LogP contribution in [0, 0.1) is 0 Å². The van der Waals surface area contributed by atoms with Crippen molar-refractivity contribution >= 4 is 29.4 Å². The first kappa shape index (κ1) is 16.2. The molecule has 0 aliphatic heterocycles. The number of hydrogen-bond acceptors (Lipinski definition) is 3. The van der Waals surface area contributed by atoms with E-state index in [9.17, 15) is 22.8 Å². The summed E-state index contributed by atoms with van der Waals surface area (Å²) in [6.07, 6.45) is -2.92. The Morgan fingerprint density at radius 2 is 1.90 bits per heavy atom. The number of carbonyl (C=O) groups is 2. The van der Waals surface area contributed by atoms with Gasteiger partial charge in [-0.05, 0) is 23.8 Å². The van der Waals surface area contributed by atoms with E-state index in [2.05, 4.69) is 4.74 Å². The van der Waals surface area contributed by atoms with E-state index in [4.69, 9.17) is 11.6 Å². The second-order valence-corrected chi connectivity index (χ2v) is 4.18. The van der Waals surface area contributed by atoms with Crippen LogP contribution in [0.3, 0.4) is 0 Å². The van der Waals surface area contributed by atoms with Gasteiger partial charge in [-0.2, -0.15) is 13.2 Å². The molecule has 20 heavy (non-hydrogen) atoms. The molecule has 0 saturated heterocycles. The van der Waals surface area contributed by atoms with Crippen LogP contribution >= 0.6 is 11.6 Å². The van der Waals surface area contributed by atoms with Gasteiger partial charge in [-0.15, -0.1) is 0 Å². The second-order valence-electron chi connectivity index (χ2n) is 3.77. The Bertz CT molecular complexity index is 524. The molecule has 0 saturated carbocycles. The van der Waals surface area contributed by atoms with Gasteiger partial charge in [-0.25, -0.2) is 0 Å². The van der Waals surface area contributed by atoms with Crippen LogP contribution in [0.2, 0.25) is 5.02 Å². The van der Waals surface area contributed by atoms with E-state index in [1.54, 1.807) is 24.3 Å². The highest BCUT2D eigenvalue weighted by Gasteiger charge is 2.29. The number of carbonyl (C=O) groups excluding carboxylic acids is 2. The average Bonchev–Trinajstić information content (AvgIpc) is 2.35. The molecule has 0 heterocycles. The smallest absolute Gasteiger partial charge is 0.422 e. The molecule has 0 aliphatic rings. The van der Waals surface area contributed by atoms with Crippen LogP contribution in [-0.2, 0) is 14.3 Å². The first-order valence-corrected chi connectivity index (χ1v) is 5.83.